The number of nitrogens with zero attached hydrogens (tertiary/aromatic N) is 2. The van der Waals surface area contributed by atoms with Crippen molar-refractivity contribution in [2.45, 2.75) is 12.5 Å². The van der Waals surface area contributed by atoms with Crippen LogP contribution in [0.25, 0.3) is 5.69 Å². The first kappa shape index (κ1) is 13.8. The molecule has 1 aromatic heterocycles. The smallest absolute Gasteiger partial charge is 0.322 e. The van der Waals surface area contributed by atoms with E-state index in [1.807, 2.05) is 30.3 Å². The fourth-order valence-corrected chi connectivity index (χ4v) is 2.11. The van der Waals surface area contributed by atoms with E-state index in [1.165, 1.54) is 6.20 Å². The summed E-state index contributed by atoms with van der Waals surface area (Å²) in [5.41, 5.74) is 1.38. The van der Waals surface area contributed by atoms with Crippen molar-refractivity contribution in [3.8, 4) is 5.69 Å². The van der Waals surface area contributed by atoms with Crippen LogP contribution in [0.15, 0.2) is 42.7 Å². The quantitative estimate of drug-likeness (QED) is 0.711. The van der Waals surface area contributed by atoms with Gasteiger partial charge in [0.2, 0.25) is 5.91 Å². The monoisotopic (exact) mass is 299 g/mol. The van der Waals surface area contributed by atoms with Crippen molar-refractivity contribution in [2.24, 2.45) is 0 Å². The molecule has 8 heteroatoms. The molecule has 22 heavy (non-hydrogen) atoms. The highest BCUT2D eigenvalue weighted by Gasteiger charge is 2.31. The van der Waals surface area contributed by atoms with E-state index in [1.54, 1.807) is 10.9 Å². The van der Waals surface area contributed by atoms with Gasteiger partial charge in [0.05, 0.1) is 30.2 Å². The highest BCUT2D eigenvalue weighted by atomic mass is 16.2. The Bertz CT molecular complexity index is 725. The lowest BCUT2D eigenvalue weighted by Gasteiger charge is -2.06. The molecule has 0 spiro atoms. The number of para-hydroxylation sites is 1. The van der Waals surface area contributed by atoms with Crippen LogP contribution in [0.5, 0.6) is 0 Å². The lowest BCUT2D eigenvalue weighted by Crippen LogP contribution is -2.33. The van der Waals surface area contributed by atoms with E-state index < -0.39 is 18.0 Å². The van der Waals surface area contributed by atoms with E-state index in [0.717, 1.165) is 5.69 Å². The summed E-state index contributed by atoms with van der Waals surface area (Å²) in [6.45, 7) is 0. The Hall–Kier alpha value is -3.16. The third-order valence-corrected chi connectivity index (χ3v) is 3.14. The maximum Gasteiger partial charge on any atom is 0.322 e. The highest BCUT2D eigenvalue weighted by molar-refractivity contribution is 6.06. The molecule has 3 N–H and O–H groups in total. The number of hydrogen-bond acceptors (Lipinski definition) is 4. The van der Waals surface area contributed by atoms with E-state index in [2.05, 4.69) is 21.0 Å². The van der Waals surface area contributed by atoms with Gasteiger partial charge in [0.1, 0.15) is 6.04 Å². The number of rotatable bonds is 4. The van der Waals surface area contributed by atoms with Gasteiger partial charge in [0, 0.05) is 0 Å². The van der Waals surface area contributed by atoms with Crippen LogP contribution in [0.1, 0.15) is 6.42 Å². The normalized spacial score (nSPS) is 17.0. The Morgan fingerprint density at radius 2 is 2.05 bits per heavy atom. The Morgan fingerprint density at radius 3 is 2.73 bits per heavy atom. The second-order valence-electron chi connectivity index (χ2n) is 4.78. The third-order valence-electron chi connectivity index (χ3n) is 3.14. The van der Waals surface area contributed by atoms with Crippen LogP contribution in [0.3, 0.4) is 0 Å². The number of carbonyl (C=O) groups excluding carboxylic acids is 3. The number of hydrogen-bond donors (Lipinski definition) is 3. The molecule has 0 saturated carbocycles. The van der Waals surface area contributed by atoms with Gasteiger partial charge in [-0.25, -0.2) is 9.48 Å². The van der Waals surface area contributed by atoms with Gasteiger partial charge in [0.15, 0.2) is 0 Å². The zero-order valence-electron chi connectivity index (χ0n) is 11.4. The van der Waals surface area contributed by atoms with Crippen LogP contribution >= 0.6 is 0 Å². The van der Waals surface area contributed by atoms with Crippen LogP contribution in [0.2, 0.25) is 0 Å². The summed E-state index contributed by atoms with van der Waals surface area (Å²) in [6, 6.07) is 8.02. The number of benzene rings is 1. The average molecular weight is 299 g/mol. The molecule has 1 atom stereocenters. The first-order valence-corrected chi connectivity index (χ1v) is 6.63. The zero-order valence-corrected chi connectivity index (χ0v) is 11.4. The van der Waals surface area contributed by atoms with Gasteiger partial charge in [-0.3, -0.25) is 14.9 Å². The predicted molar refractivity (Wildman–Crippen MR) is 77.3 cm³/mol. The minimum atomic E-state index is -0.836. The molecule has 0 radical (unpaired) electrons. The standard InChI is InChI=1S/C14H13N5O3/c20-12(6-11-13(21)18-14(22)17-11)16-9-7-15-19(8-9)10-4-2-1-3-5-10/h1-5,7-8,11H,6H2,(H,16,20)(H2,17,18,21,22). The minimum absolute atomic E-state index is 0.131. The van der Waals surface area contributed by atoms with Gasteiger partial charge in [-0.15, -0.1) is 0 Å². The highest BCUT2D eigenvalue weighted by Crippen LogP contribution is 2.12. The molecular weight excluding hydrogens is 286 g/mol. The minimum Gasteiger partial charge on any atom is -0.325 e. The molecule has 2 heterocycles. The Morgan fingerprint density at radius 1 is 1.27 bits per heavy atom. The van der Waals surface area contributed by atoms with Gasteiger partial charge < -0.3 is 10.6 Å². The topological polar surface area (TPSA) is 105 Å². The molecule has 4 amide bonds. The molecular formula is C14H13N5O3. The second kappa shape index (κ2) is 5.68. The van der Waals surface area contributed by atoms with Crippen molar-refractivity contribution in [3.63, 3.8) is 0 Å². The molecule has 1 fully saturated rings. The number of urea groups is 1. The Kier molecular flexibility index (Phi) is 3.57. The van der Waals surface area contributed by atoms with E-state index in [9.17, 15) is 14.4 Å². The van der Waals surface area contributed by atoms with Gasteiger partial charge >= 0.3 is 6.03 Å². The molecule has 1 saturated heterocycles. The van der Waals surface area contributed by atoms with Crippen molar-refractivity contribution in [1.29, 1.82) is 0 Å². The average Bonchev–Trinajstić information content (AvgIpc) is 3.07. The van der Waals surface area contributed by atoms with E-state index >= 15 is 0 Å². The van der Waals surface area contributed by atoms with Gasteiger partial charge in [-0.05, 0) is 12.1 Å². The van der Waals surface area contributed by atoms with Gasteiger partial charge in [-0.2, -0.15) is 5.10 Å². The van der Waals surface area contributed by atoms with Gasteiger partial charge in [-0.1, -0.05) is 18.2 Å². The number of anilines is 1. The summed E-state index contributed by atoms with van der Waals surface area (Å²) in [5.74, 6) is -0.880. The molecule has 2 aromatic rings. The maximum absolute atomic E-state index is 11.9. The third kappa shape index (κ3) is 2.95. The lowest BCUT2D eigenvalue weighted by atomic mass is 10.2. The molecule has 0 bridgehead atoms. The van der Waals surface area contributed by atoms with Crippen LogP contribution in [0, 0.1) is 0 Å². The van der Waals surface area contributed by atoms with Crippen molar-refractivity contribution in [1.82, 2.24) is 20.4 Å². The number of aromatic nitrogens is 2. The fraction of sp³-hybridized carbons (Fsp3) is 0.143. The summed E-state index contributed by atoms with van der Waals surface area (Å²) in [5, 5.41) is 11.2. The Balaban J connectivity index is 1.62. The molecule has 1 aliphatic heterocycles. The molecule has 1 aromatic carbocycles. The molecule has 8 nitrogen and oxygen atoms in total. The van der Waals surface area contributed by atoms with E-state index in [0.29, 0.717) is 5.69 Å². The zero-order chi connectivity index (χ0) is 15.5. The van der Waals surface area contributed by atoms with Crippen LogP contribution < -0.4 is 16.0 Å². The summed E-state index contributed by atoms with van der Waals surface area (Å²) in [7, 11) is 0. The first-order chi connectivity index (χ1) is 10.6. The van der Waals surface area contributed by atoms with Crippen molar-refractivity contribution in [3.05, 3.63) is 42.7 Å². The van der Waals surface area contributed by atoms with Crippen LogP contribution in [-0.2, 0) is 9.59 Å². The lowest BCUT2D eigenvalue weighted by molar-refractivity contribution is -0.124. The molecule has 3 rings (SSSR count). The summed E-state index contributed by atoms with van der Waals surface area (Å²) < 4.78 is 1.62. The fourth-order valence-electron chi connectivity index (χ4n) is 2.11. The first-order valence-electron chi connectivity index (χ1n) is 6.63. The van der Waals surface area contributed by atoms with Crippen molar-refractivity contribution < 1.29 is 14.4 Å². The van der Waals surface area contributed by atoms with E-state index in [-0.39, 0.29) is 12.3 Å². The largest absolute Gasteiger partial charge is 0.325 e. The maximum atomic E-state index is 11.9. The second-order valence-corrected chi connectivity index (χ2v) is 4.78. The van der Waals surface area contributed by atoms with Crippen molar-refractivity contribution >= 4 is 23.5 Å². The molecule has 1 unspecified atom stereocenters. The number of carbonyl (C=O) groups is 3. The SMILES string of the molecule is O=C(CC1NC(=O)NC1=O)Nc1cnn(-c2ccccc2)c1. The van der Waals surface area contributed by atoms with Crippen LogP contribution in [-0.4, -0.2) is 33.7 Å². The van der Waals surface area contributed by atoms with Crippen molar-refractivity contribution in [2.75, 3.05) is 5.32 Å². The summed E-state index contributed by atoms with van der Waals surface area (Å²) in [6.07, 6.45) is 3.05. The Labute approximate surface area is 125 Å². The number of amides is 4. The predicted octanol–water partition coefficient (Wildman–Crippen LogP) is 0.409. The van der Waals surface area contributed by atoms with E-state index in [4.69, 9.17) is 0 Å². The van der Waals surface area contributed by atoms with Gasteiger partial charge in [0.25, 0.3) is 5.91 Å². The summed E-state index contributed by atoms with van der Waals surface area (Å²) in [4.78, 5) is 34.2. The molecule has 112 valence electrons. The molecule has 0 aliphatic carbocycles. The number of imide groups is 1. The summed E-state index contributed by atoms with van der Waals surface area (Å²) >= 11 is 0. The number of nitrogens with one attached hydrogen (secondary N) is 3. The van der Waals surface area contributed by atoms with Crippen LogP contribution in [0.4, 0.5) is 10.5 Å². The molecule has 1 aliphatic rings.